The second kappa shape index (κ2) is 8.72. The molecule has 1 amide bonds. The predicted octanol–water partition coefficient (Wildman–Crippen LogP) is 6.38. The Bertz CT molecular complexity index is 1520. The minimum Gasteiger partial charge on any atom is -0.371 e. The van der Waals surface area contributed by atoms with E-state index in [-0.39, 0.29) is 17.8 Å². The maximum atomic E-state index is 15.3. The molecule has 0 bridgehead atoms. The molecule has 5 nitrogen and oxygen atoms in total. The third-order valence-corrected chi connectivity index (χ3v) is 8.39. The summed E-state index contributed by atoms with van der Waals surface area (Å²) in [7, 11) is 0. The summed E-state index contributed by atoms with van der Waals surface area (Å²) in [6.45, 7) is 4.79. The van der Waals surface area contributed by atoms with Crippen molar-refractivity contribution in [3.05, 3.63) is 88.9 Å². The number of amides is 1. The van der Waals surface area contributed by atoms with Gasteiger partial charge in [-0.15, -0.1) is 0 Å². The van der Waals surface area contributed by atoms with Gasteiger partial charge in [0, 0.05) is 48.1 Å². The van der Waals surface area contributed by atoms with E-state index in [1.807, 2.05) is 45.8 Å². The smallest absolute Gasteiger partial charge is 0.254 e. The fraction of sp³-hybridized carbons (Fsp3) is 0.355. The lowest BCUT2D eigenvalue weighted by atomic mass is 9.93. The number of pyridine rings is 1. The van der Waals surface area contributed by atoms with Crippen LogP contribution in [0.15, 0.2) is 60.7 Å². The Morgan fingerprint density at radius 1 is 0.973 bits per heavy atom. The lowest BCUT2D eigenvalue weighted by Gasteiger charge is -2.35. The normalized spacial score (nSPS) is 19.5. The van der Waals surface area contributed by atoms with E-state index in [2.05, 4.69) is 30.0 Å². The fourth-order valence-electron chi connectivity index (χ4n) is 6.15. The Morgan fingerprint density at radius 3 is 2.57 bits per heavy atom. The van der Waals surface area contributed by atoms with Gasteiger partial charge in [-0.2, -0.15) is 5.10 Å². The highest BCUT2D eigenvalue weighted by atomic mass is 19.1. The predicted molar refractivity (Wildman–Crippen MR) is 144 cm³/mol. The maximum absolute atomic E-state index is 15.3. The van der Waals surface area contributed by atoms with E-state index in [1.54, 1.807) is 6.07 Å². The molecular formula is C31H31FN4O. The third-order valence-electron chi connectivity index (χ3n) is 8.39. The number of anilines is 1. The lowest BCUT2D eigenvalue weighted by molar-refractivity contribution is 0.0677. The minimum absolute atomic E-state index is 0.0294. The van der Waals surface area contributed by atoms with Crippen molar-refractivity contribution in [2.45, 2.75) is 51.0 Å². The molecule has 1 atom stereocenters. The first-order valence-corrected chi connectivity index (χ1v) is 13.5. The minimum atomic E-state index is -0.252. The van der Waals surface area contributed by atoms with Crippen LogP contribution in [0.5, 0.6) is 0 Å². The van der Waals surface area contributed by atoms with E-state index in [9.17, 15) is 4.79 Å². The average Bonchev–Trinajstić information content (AvgIpc) is 3.43. The molecule has 7 rings (SSSR count). The zero-order valence-electron chi connectivity index (χ0n) is 21.2. The number of hydrogen-bond acceptors (Lipinski definition) is 3. The molecule has 2 fully saturated rings. The number of fused-ring (bicyclic) bond motifs is 2. The first-order chi connectivity index (χ1) is 18.1. The van der Waals surface area contributed by atoms with E-state index in [4.69, 9.17) is 5.10 Å². The second-order valence-corrected chi connectivity index (χ2v) is 10.8. The van der Waals surface area contributed by atoms with Crippen LogP contribution in [-0.2, 0) is 6.42 Å². The van der Waals surface area contributed by atoms with Crippen molar-refractivity contribution in [2.24, 2.45) is 0 Å². The number of halogens is 1. The SMILES string of the molecule is C[C@@H]1c2ccccc2CCN1C(=O)c1cc(C2CC2)n2nc(-c3ccc(N4CCCC4)cc3F)cc2c1. The van der Waals surface area contributed by atoms with Crippen LogP contribution < -0.4 is 4.90 Å². The molecule has 0 unspecified atom stereocenters. The number of benzene rings is 2. The van der Waals surface area contributed by atoms with Crippen molar-refractivity contribution in [1.82, 2.24) is 14.5 Å². The molecule has 4 heterocycles. The summed E-state index contributed by atoms with van der Waals surface area (Å²) in [5.41, 5.74) is 7.18. The fourth-order valence-corrected chi connectivity index (χ4v) is 6.15. The summed E-state index contributed by atoms with van der Waals surface area (Å²) in [5.74, 6) is 0.193. The molecule has 188 valence electrons. The van der Waals surface area contributed by atoms with Crippen molar-refractivity contribution >= 4 is 17.1 Å². The number of rotatable bonds is 4. The number of nitrogens with zero attached hydrogens (tertiary/aromatic N) is 4. The summed E-state index contributed by atoms with van der Waals surface area (Å²) in [5, 5.41) is 4.83. The van der Waals surface area contributed by atoms with E-state index >= 15 is 4.39 Å². The molecule has 0 spiro atoms. The van der Waals surface area contributed by atoms with Gasteiger partial charge in [0.15, 0.2) is 0 Å². The molecule has 2 aromatic carbocycles. The van der Waals surface area contributed by atoms with Crippen molar-refractivity contribution in [3.63, 3.8) is 0 Å². The maximum Gasteiger partial charge on any atom is 0.254 e. The van der Waals surface area contributed by atoms with E-state index in [0.717, 1.165) is 62.1 Å². The Balaban J connectivity index is 1.25. The molecule has 4 aromatic rings. The average molecular weight is 495 g/mol. The van der Waals surface area contributed by atoms with Crippen LogP contribution in [0.1, 0.15) is 71.7 Å². The first kappa shape index (κ1) is 22.5. The van der Waals surface area contributed by atoms with Crippen LogP contribution in [0.2, 0.25) is 0 Å². The van der Waals surface area contributed by atoms with Crippen molar-refractivity contribution in [2.75, 3.05) is 24.5 Å². The zero-order valence-corrected chi connectivity index (χ0v) is 21.2. The monoisotopic (exact) mass is 494 g/mol. The number of aromatic nitrogens is 2. The molecule has 2 aliphatic heterocycles. The molecule has 6 heteroatoms. The first-order valence-electron chi connectivity index (χ1n) is 13.5. The highest BCUT2D eigenvalue weighted by Gasteiger charge is 2.32. The van der Waals surface area contributed by atoms with Gasteiger partial charge in [-0.25, -0.2) is 8.91 Å². The van der Waals surface area contributed by atoms with Gasteiger partial charge in [-0.1, -0.05) is 24.3 Å². The highest BCUT2D eigenvalue weighted by molar-refractivity contribution is 5.96. The van der Waals surface area contributed by atoms with Gasteiger partial charge in [0.25, 0.3) is 5.91 Å². The summed E-state index contributed by atoms with van der Waals surface area (Å²) in [6.07, 6.45) is 5.36. The third kappa shape index (κ3) is 3.90. The van der Waals surface area contributed by atoms with Crippen LogP contribution in [0, 0.1) is 5.82 Å². The zero-order chi connectivity index (χ0) is 25.1. The Kier molecular flexibility index (Phi) is 5.31. The van der Waals surface area contributed by atoms with Crippen molar-refractivity contribution in [3.8, 4) is 11.3 Å². The van der Waals surface area contributed by atoms with E-state index < -0.39 is 0 Å². The molecular weight excluding hydrogens is 463 g/mol. The highest BCUT2D eigenvalue weighted by Crippen LogP contribution is 2.41. The summed E-state index contributed by atoms with van der Waals surface area (Å²) < 4.78 is 17.2. The molecule has 0 N–H and O–H groups in total. The van der Waals surface area contributed by atoms with Gasteiger partial charge in [-0.3, -0.25) is 4.79 Å². The molecule has 2 aromatic heterocycles. The summed E-state index contributed by atoms with van der Waals surface area (Å²) >= 11 is 0. The number of hydrogen-bond donors (Lipinski definition) is 0. The van der Waals surface area contributed by atoms with Crippen molar-refractivity contribution in [1.29, 1.82) is 0 Å². The van der Waals surface area contributed by atoms with Gasteiger partial charge < -0.3 is 9.80 Å². The number of carbonyl (C=O) groups excluding carboxylic acids is 1. The largest absolute Gasteiger partial charge is 0.371 e. The molecule has 1 saturated heterocycles. The van der Waals surface area contributed by atoms with Gasteiger partial charge in [-0.05, 0) is 86.6 Å². The molecule has 1 saturated carbocycles. The van der Waals surface area contributed by atoms with Crippen LogP contribution in [-0.4, -0.2) is 40.1 Å². The quantitative estimate of drug-likeness (QED) is 0.331. The van der Waals surface area contributed by atoms with Crippen LogP contribution in [0.25, 0.3) is 16.8 Å². The Labute approximate surface area is 216 Å². The van der Waals surface area contributed by atoms with Gasteiger partial charge in [0.05, 0.1) is 17.3 Å². The van der Waals surface area contributed by atoms with Gasteiger partial charge >= 0.3 is 0 Å². The molecule has 37 heavy (non-hydrogen) atoms. The summed E-state index contributed by atoms with van der Waals surface area (Å²) in [4.78, 5) is 18.0. The van der Waals surface area contributed by atoms with Crippen LogP contribution >= 0.6 is 0 Å². The standard InChI is InChI=1S/C31H31FN4O/c1-20-26-7-3-2-6-21(26)12-15-35(20)31(37)23-16-25-19-29(33-36(25)30(17-23)22-8-9-22)27-11-10-24(18-28(27)32)34-13-4-5-14-34/h2-3,6-7,10-11,16-20,22H,4-5,8-9,12-15H2,1H3/t20-/m1/s1. The Hall–Kier alpha value is -3.67. The lowest BCUT2D eigenvalue weighted by Crippen LogP contribution is -2.38. The van der Waals surface area contributed by atoms with Crippen molar-refractivity contribution < 1.29 is 9.18 Å². The topological polar surface area (TPSA) is 40.9 Å². The van der Waals surface area contributed by atoms with Crippen LogP contribution in [0.4, 0.5) is 10.1 Å². The van der Waals surface area contributed by atoms with E-state index in [0.29, 0.717) is 29.3 Å². The summed E-state index contributed by atoms with van der Waals surface area (Å²) in [6, 6.07) is 19.8. The molecule has 3 aliphatic rings. The number of carbonyl (C=O) groups is 1. The van der Waals surface area contributed by atoms with Gasteiger partial charge in [0.1, 0.15) is 5.82 Å². The second-order valence-electron chi connectivity index (χ2n) is 10.8. The van der Waals surface area contributed by atoms with Gasteiger partial charge in [0.2, 0.25) is 0 Å². The molecule has 1 aliphatic carbocycles. The molecule has 0 radical (unpaired) electrons. The Morgan fingerprint density at radius 2 is 1.78 bits per heavy atom. The van der Waals surface area contributed by atoms with E-state index in [1.165, 1.54) is 11.1 Å². The van der Waals surface area contributed by atoms with Crippen LogP contribution in [0.3, 0.4) is 0 Å².